The van der Waals surface area contributed by atoms with Crippen LogP contribution in [0.15, 0.2) is 71.7 Å². The van der Waals surface area contributed by atoms with E-state index in [4.69, 9.17) is 4.42 Å². The van der Waals surface area contributed by atoms with E-state index < -0.39 is 6.04 Å². The molecule has 2 aromatic heterocycles. The van der Waals surface area contributed by atoms with Crippen molar-refractivity contribution in [3.05, 3.63) is 73.0 Å². The van der Waals surface area contributed by atoms with Crippen molar-refractivity contribution in [1.29, 1.82) is 0 Å². The Morgan fingerprint density at radius 2 is 1.75 bits per heavy atom. The second-order valence-corrected chi connectivity index (χ2v) is 6.22. The monoisotopic (exact) mass is 375 g/mol. The van der Waals surface area contributed by atoms with Crippen molar-refractivity contribution >= 4 is 34.2 Å². The van der Waals surface area contributed by atoms with E-state index >= 15 is 0 Å². The van der Waals surface area contributed by atoms with Gasteiger partial charge in [0.15, 0.2) is 5.76 Å². The van der Waals surface area contributed by atoms with Gasteiger partial charge < -0.3 is 15.1 Å². The Labute approximate surface area is 160 Å². The van der Waals surface area contributed by atoms with Gasteiger partial charge in [0.25, 0.3) is 5.91 Å². The number of para-hydroxylation sites is 1. The summed E-state index contributed by atoms with van der Waals surface area (Å²) in [6.45, 7) is 1.73. The Hall–Kier alpha value is -3.94. The van der Waals surface area contributed by atoms with Crippen molar-refractivity contribution in [3.63, 3.8) is 0 Å². The maximum Gasteiger partial charge on any atom is 0.291 e. The Morgan fingerprint density at radius 3 is 2.43 bits per heavy atom. The Balaban J connectivity index is 1.40. The van der Waals surface area contributed by atoms with Gasteiger partial charge in [0.1, 0.15) is 24.3 Å². The lowest BCUT2D eigenvalue weighted by Gasteiger charge is -2.12. The number of nitrogens with one attached hydrogen (secondary N) is 2. The van der Waals surface area contributed by atoms with E-state index in [1.807, 2.05) is 24.3 Å². The lowest BCUT2D eigenvalue weighted by Crippen LogP contribution is -2.24. The number of carbonyl (C=O) groups excluding carboxylic acids is 2. The van der Waals surface area contributed by atoms with Gasteiger partial charge in [-0.25, -0.2) is 9.67 Å². The molecule has 0 saturated heterocycles. The molecule has 140 valence electrons. The van der Waals surface area contributed by atoms with Crippen LogP contribution in [-0.4, -0.2) is 26.6 Å². The number of hydrogen-bond donors (Lipinski definition) is 2. The fourth-order valence-electron chi connectivity index (χ4n) is 2.71. The fraction of sp³-hybridized carbons (Fsp3) is 0.100. The van der Waals surface area contributed by atoms with Crippen molar-refractivity contribution in [1.82, 2.24) is 14.8 Å². The molecule has 0 aliphatic carbocycles. The molecule has 28 heavy (non-hydrogen) atoms. The summed E-state index contributed by atoms with van der Waals surface area (Å²) in [4.78, 5) is 28.5. The van der Waals surface area contributed by atoms with Gasteiger partial charge in [0.2, 0.25) is 5.91 Å². The van der Waals surface area contributed by atoms with Crippen LogP contribution in [0.25, 0.3) is 11.0 Å². The maximum absolute atomic E-state index is 12.4. The average molecular weight is 375 g/mol. The van der Waals surface area contributed by atoms with Crippen molar-refractivity contribution in [2.24, 2.45) is 0 Å². The molecule has 0 fully saturated rings. The highest BCUT2D eigenvalue weighted by molar-refractivity contribution is 6.04. The number of benzene rings is 2. The molecule has 1 unspecified atom stereocenters. The van der Waals surface area contributed by atoms with Gasteiger partial charge in [0, 0.05) is 16.8 Å². The number of aromatic nitrogens is 3. The third-order valence-electron chi connectivity index (χ3n) is 4.27. The van der Waals surface area contributed by atoms with E-state index in [9.17, 15) is 9.59 Å². The molecule has 8 heteroatoms. The summed E-state index contributed by atoms with van der Waals surface area (Å²) in [5.74, 6) is -0.322. The zero-order chi connectivity index (χ0) is 19.5. The summed E-state index contributed by atoms with van der Waals surface area (Å²) in [6.07, 6.45) is 2.87. The smallest absolute Gasteiger partial charge is 0.291 e. The SMILES string of the molecule is CC(C(=O)Nc1ccc(NC(=O)c2cc3ccccc3o2)cc1)n1cncn1. The van der Waals surface area contributed by atoms with Crippen LogP contribution in [0.3, 0.4) is 0 Å². The van der Waals surface area contributed by atoms with Crippen LogP contribution in [0, 0.1) is 0 Å². The molecule has 0 bridgehead atoms. The summed E-state index contributed by atoms with van der Waals surface area (Å²) < 4.78 is 7.03. The zero-order valence-corrected chi connectivity index (χ0v) is 15.0. The normalized spacial score (nSPS) is 11.9. The summed E-state index contributed by atoms with van der Waals surface area (Å²) >= 11 is 0. The van der Waals surface area contributed by atoms with Crippen molar-refractivity contribution in [3.8, 4) is 0 Å². The molecule has 0 aliphatic rings. The molecule has 0 saturated carbocycles. The van der Waals surface area contributed by atoms with E-state index in [0.717, 1.165) is 5.39 Å². The highest BCUT2D eigenvalue weighted by Gasteiger charge is 2.16. The van der Waals surface area contributed by atoms with Crippen LogP contribution < -0.4 is 10.6 Å². The summed E-state index contributed by atoms with van der Waals surface area (Å²) in [6, 6.07) is 15.5. The standard InChI is InChI=1S/C20H17N5O3/c1-13(25-12-21-11-22-25)19(26)23-15-6-8-16(9-7-15)24-20(27)18-10-14-4-2-3-5-17(14)28-18/h2-13H,1H3,(H,23,26)(H,24,27). The predicted octanol–water partition coefficient (Wildman–Crippen LogP) is 3.48. The lowest BCUT2D eigenvalue weighted by atomic mass is 10.2. The lowest BCUT2D eigenvalue weighted by molar-refractivity contribution is -0.119. The molecule has 8 nitrogen and oxygen atoms in total. The van der Waals surface area contributed by atoms with Gasteiger partial charge >= 0.3 is 0 Å². The first kappa shape index (κ1) is 17.5. The van der Waals surface area contributed by atoms with Gasteiger partial charge in [0.05, 0.1) is 0 Å². The van der Waals surface area contributed by atoms with Crippen LogP contribution in [0.2, 0.25) is 0 Å². The Kier molecular flexibility index (Phi) is 4.59. The molecule has 0 radical (unpaired) electrons. The molecule has 2 aromatic carbocycles. The second kappa shape index (κ2) is 7.36. The van der Waals surface area contributed by atoms with Crippen LogP contribution >= 0.6 is 0 Å². The minimum absolute atomic E-state index is 0.218. The second-order valence-electron chi connectivity index (χ2n) is 6.22. The zero-order valence-electron chi connectivity index (χ0n) is 15.0. The first-order valence-electron chi connectivity index (χ1n) is 8.65. The highest BCUT2D eigenvalue weighted by atomic mass is 16.3. The molecule has 4 aromatic rings. The third kappa shape index (κ3) is 3.61. The number of nitrogens with zero attached hydrogens (tertiary/aromatic N) is 3. The summed E-state index contributed by atoms with van der Waals surface area (Å²) in [5, 5.41) is 10.4. The number of amides is 2. The molecule has 0 aliphatic heterocycles. The molecular formula is C20H17N5O3. The minimum Gasteiger partial charge on any atom is -0.451 e. The van der Waals surface area contributed by atoms with Crippen LogP contribution in [0.1, 0.15) is 23.5 Å². The molecule has 2 amide bonds. The van der Waals surface area contributed by atoms with Gasteiger partial charge in [-0.05, 0) is 43.3 Å². The van der Waals surface area contributed by atoms with Gasteiger partial charge in [-0.2, -0.15) is 5.10 Å². The molecule has 1 atom stereocenters. The number of fused-ring (bicyclic) bond motifs is 1. The molecular weight excluding hydrogens is 358 g/mol. The number of hydrogen-bond acceptors (Lipinski definition) is 5. The first-order valence-corrected chi connectivity index (χ1v) is 8.65. The highest BCUT2D eigenvalue weighted by Crippen LogP contribution is 2.21. The topological polar surface area (TPSA) is 102 Å². The number of rotatable bonds is 5. The predicted molar refractivity (Wildman–Crippen MR) is 104 cm³/mol. The van der Waals surface area contributed by atoms with E-state index in [0.29, 0.717) is 17.0 Å². The fourth-order valence-corrected chi connectivity index (χ4v) is 2.71. The average Bonchev–Trinajstić information content (AvgIpc) is 3.38. The molecule has 2 N–H and O–H groups in total. The van der Waals surface area contributed by atoms with Crippen molar-refractivity contribution in [2.45, 2.75) is 13.0 Å². The van der Waals surface area contributed by atoms with Gasteiger partial charge in [-0.1, -0.05) is 18.2 Å². The maximum atomic E-state index is 12.4. The van der Waals surface area contributed by atoms with Crippen LogP contribution in [0.5, 0.6) is 0 Å². The Morgan fingerprint density at radius 1 is 1.04 bits per heavy atom. The Bertz CT molecular complexity index is 1080. The summed E-state index contributed by atoms with van der Waals surface area (Å²) in [5.41, 5.74) is 1.86. The number of carbonyl (C=O) groups is 2. The quantitative estimate of drug-likeness (QED) is 0.556. The first-order chi connectivity index (χ1) is 13.6. The van der Waals surface area contributed by atoms with E-state index in [1.54, 1.807) is 37.3 Å². The number of anilines is 2. The minimum atomic E-state index is -0.491. The summed E-state index contributed by atoms with van der Waals surface area (Å²) in [7, 11) is 0. The van der Waals surface area contributed by atoms with Crippen molar-refractivity contribution < 1.29 is 14.0 Å². The van der Waals surface area contributed by atoms with Crippen LogP contribution in [-0.2, 0) is 4.79 Å². The number of furan rings is 1. The third-order valence-corrected chi connectivity index (χ3v) is 4.27. The molecule has 0 spiro atoms. The van der Waals surface area contributed by atoms with Crippen molar-refractivity contribution in [2.75, 3.05) is 10.6 Å². The van der Waals surface area contributed by atoms with E-state index in [2.05, 4.69) is 20.7 Å². The molecule has 4 rings (SSSR count). The van der Waals surface area contributed by atoms with E-state index in [-0.39, 0.29) is 17.6 Å². The molecule has 2 heterocycles. The van der Waals surface area contributed by atoms with Crippen LogP contribution in [0.4, 0.5) is 11.4 Å². The largest absolute Gasteiger partial charge is 0.451 e. The van der Waals surface area contributed by atoms with Gasteiger partial charge in [-0.3, -0.25) is 9.59 Å². The van der Waals surface area contributed by atoms with E-state index in [1.165, 1.54) is 17.3 Å². The van der Waals surface area contributed by atoms with Gasteiger partial charge in [-0.15, -0.1) is 0 Å².